The number of thiophene rings is 1. The van der Waals surface area contributed by atoms with E-state index >= 15 is 0 Å². The Bertz CT molecular complexity index is 455. The fourth-order valence-corrected chi connectivity index (χ4v) is 4.11. The quantitative estimate of drug-likeness (QED) is 0.885. The van der Waals surface area contributed by atoms with Gasteiger partial charge in [0.15, 0.2) is 0 Å². The van der Waals surface area contributed by atoms with Gasteiger partial charge in [-0.25, -0.2) is 0 Å². The third kappa shape index (κ3) is 3.57. The van der Waals surface area contributed by atoms with E-state index in [4.69, 9.17) is 5.11 Å². The van der Waals surface area contributed by atoms with Crippen molar-refractivity contribution in [3.05, 3.63) is 21.4 Å². The molecular formula is C15H23NO2S. The lowest BCUT2D eigenvalue weighted by Gasteiger charge is -2.30. The lowest BCUT2D eigenvalue weighted by Crippen LogP contribution is -2.37. The molecule has 0 saturated heterocycles. The van der Waals surface area contributed by atoms with Gasteiger partial charge in [-0.15, -0.1) is 11.3 Å². The van der Waals surface area contributed by atoms with Crippen LogP contribution in [0, 0.1) is 19.8 Å². The highest BCUT2D eigenvalue weighted by Gasteiger charge is 2.28. The number of hydrogen-bond donors (Lipinski definition) is 2. The predicted octanol–water partition coefficient (Wildman–Crippen LogP) is 3.66. The molecule has 0 spiro atoms. The summed E-state index contributed by atoms with van der Waals surface area (Å²) in [4.78, 5) is 13.8. The molecule has 1 heterocycles. The lowest BCUT2D eigenvalue weighted by atomic mass is 9.85. The molecule has 2 N–H and O–H groups in total. The molecule has 1 fully saturated rings. The van der Waals surface area contributed by atoms with Crippen molar-refractivity contribution in [2.45, 2.75) is 58.5 Å². The summed E-state index contributed by atoms with van der Waals surface area (Å²) in [5.41, 5.74) is 1.36. The van der Waals surface area contributed by atoms with Crippen molar-refractivity contribution in [1.82, 2.24) is 5.32 Å². The molecule has 4 heteroatoms. The third-order valence-electron chi connectivity index (χ3n) is 4.06. The normalized spacial score (nSPS) is 25.2. The zero-order chi connectivity index (χ0) is 14.0. The summed E-state index contributed by atoms with van der Waals surface area (Å²) in [6.45, 7) is 6.47. The van der Waals surface area contributed by atoms with Crippen LogP contribution in [0.1, 0.15) is 54.0 Å². The number of rotatable bonds is 4. The van der Waals surface area contributed by atoms with Crippen molar-refractivity contribution in [3.8, 4) is 0 Å². The maximum atomic E-state index is 11.1. The zero-order valence-corrected chi connectivity index (χ0v) is 12.7. The molecule has 0 radical (unpaired) electrons. The Kier molecular flexibility index (Phi) is 4.63. The van der Waals surface area contributed by atoms with Crippen LogP contribution in [0.3, 0.4) is 0 Å². The first kappa shape index (κ1) is 14.5. The first-order valence-corrected chi connectivity index (χ1v) is 7.84. The van der Waals surface area contributed by atoms with E-state index in [1.165, 1.54) is 15.3 Å². The molecule has 3 nitrogen and oxygen atoms in total. The van der Waals surface area contributed by atoms with E-state index in [1.54, 1.807) is 0 Å². The maximum Gasteiger partial charge on any atom is 0.306 e. The lowest BCUT2D eigenvalue weighted by molar-refractivity contribution is -0.143. The Morgan fingerprint density at radius 2 is 2.21 bits per heavy atom. The van der Waals surface area contributed by atoms with Crippen molar-refractivity contribution in [2.24, 2.45) is 5.92 Å². The van der Waals surface area contributed by atoms with Gasteiger partial charge in [-0.3, -0.25) is 4.79 Å². The SMILES string of the molecule is Cc1cc(C(C)NC2CCCC(C(=O)O)C2)c(C)s1. The zero-order valence-electron chi connectivity index (χ0n) is 11.9. The largest absolute Gasteiger partial charge is 0.481 e. The Hall–Kier alpha value is -0.870. The molecule has 3 atom stereocenters. The summed E-state index contributed by atoms with van der Waals surface area (Å²) in [6.07, 6.45) is 3.71. The van der Waals surface area contributed by atoms with Crippen molar-refractivity contribution >= 4 is 17.3 Å². The number of aliphatic carboxylic acids is 1. The van der Waals surface area contributed by atoms with Gasteiger partial charge in [-0.05, 0) is 51.7 Å². The second-order valence-electron chi connectivity index (χ2n) is 5.66. The number of carbonyl (C=O) groups is 1. The molecule has 0 bridgehead atoms. The highest BCUT2D eigenvalue weighted by molar-refractivity contribution is 7.12. The Labute approximate surface area is 119 Å². The van der Waals surface area contributed by atoms with Crippen LogP contribution in [0.15, 0.2) is 6.07 Å². The summed E-state index contributed by atoms with van der Waals surface area (Å²) in [6, 6.07) is 2.89. The molecule has 3 unspecified atom stereocenters. The fraction of sp³-hybridized carbons (Fsp3) is 0.667. The fourth-order valence-electron chi connectivity index (χ4n) is 3.09. The van der Waals surface area contributed by atoms with Crippen LogP contribution in [0.25, 0.3) is 0 Å². The summed E-state index contributed by atoms with van der Waals surface area (Å²) >= 11 is 1.83. The van der Waals surface area contributed by atoms with E-state index in [0.29, 0.717) is 12.1 Å². The highest BCUT2D eigenvalue weighted by Crippen LogP contribution is 2.29. The van der Waals surface area contributed by atoms with Gasteiger partial charge in [0, 0.05) is 21.8 Å². The van der Waals surface area contributed by atoms with E-state index in [1.807, 2.05) is 11.3 Å². The molecule has 1 aromatic heterocycles. The molecular weight excluding hydrogens is 258 g/mol. The minimum absolute atomic E-state index is 0.163. The van der Waals surface area contributed by atoms with Gasteiger partial charge >= 0.3 is 5.97 Å². The smallest absolute Gasteiger partial charge is 0.306 e. The van der Waals surface area contributed by atoms with Crippen molar-refractivity contribution in [2.75, 3.05) is 0 Å². The van der Waals surface area contributed by atoms with E-state index < -0.39 is 5.97 Å². The first-order valence-electron chi connectivity index (χ1n) is 7.03. The molecule has 0 amide bonds. The topological polar surface area (TPSA) is 49.3 Å². The van der Waals surface area contributed by atoms with Crippen LogP contribution in [-0.4, -0.2) is 17.1 Å². The minimum Gasteiger partial charge on any atom is -0.481 e. The van der Waals surface area contributed by atoms with Crippen LogP contribution in [-0.2, 0) is 4.79 Å². The van der Waals surface area contributed by atoms with E-state index in [0.717, 1.165) is 25.7 Å². The maximum absolute atomic E-state index is 11.1. The van der Waals surface area contributed by atoms with Crippen molar-refractivity contribution in [1.29, 1.82) is 0 Å². The van der Waals surface area contributed by atoms with Gasteiger partial charge < -0.3 is 10.4 Å². The molecule has 106 valence electrons. The van der Waals surface area contributed by atoms with Crippen LogP contribution in [0.2, 0.25) is 0 Å². The van der Waals surface area contributed by atoms with E-state index in [2.05, 4.69) is 32.2 Å². The van der Waals surface area contributed by atoms with Crippen LogP contribution in [0.5, 0.6) is 0 Å². The number of carboxylic acids is 1. The Morgan fingerprint density at radius 1 is 1.47 bits per heavy atom. The molecule has 2 rings (SSSR count). The Balaban J connectivity index is 1.97. The summed E-state index contributed by atoms with van der Waals surface area (Å²) < 4.78 is 0. The number of nitrogens with one attached hydrogen (secondary N) is 1. The average molecular weight is 281 g/mol. The summed E-state index contributed by atoms with van der Waals surface area (Å²) in [5, 5.41) is 12.7. The minimum atomic E-state index is -0.637. The number of hydrogen-bond acceptors (Lipinski definition) is 3. The standard InChI is InChI=1S/C15H23NO2S/c1-9-7-14(11(3)19-9)10(2)16-13-6-4-5-12(8-13)15(17)18/h7,10,12-13,16H,4-6,8H2,1-3H3,(H,17,18). The van der Waals surface area contributed by atoms with Gasteiger partial charge in [0.2, 0.25) is 0 Å². The number of aryl methyl sites for hydroxylation is 2. The molecule has 19 heavy (non-hydrogen) atoms. The molecule has 0 aromatic carbocycles. The molecule has 1 saturated carbocycles. The van der Waals surface area contributed by atoms with Gasteiger partial charge in [0.25, 0.3) is 0 Å². The van der Waals surface area contributed by atoms with E-state index in [9.17, 15) is 4.79 Å². The second kappa shape index (κ2) is 6.06. The summed E-state index contributed by atoms with van der Waals surface area (Å²) in [7, 11) is 0. The monoisotopic (exact) mass is 281 g/mol. The van der Waals surface area contributed by atoms with Crippen LogP contribution in [0.4, 0.5) is 0 Å². The number of carboxylic acid groups (broad SMARTS) is 1. The summed E-state index contributed by atoms with van der Waals surface area (Å²) in [5.74, 6) is -0.800. The third-order valence-corrected chi connectivity index (χ3v) is 5.04. The highest BCUT2D eigenvalue weighted by atomic mass is 32.1. The van der Waals surface area contributed by atoms with Gasteiger partial charge in [-0.2, -0.15) is 0 Å². The van der Waals surface area contributed by atoms with Crippen molar-refractivity contribution < 1.29 is 9.90 Å². The molecule has 1 aromatic rings. The average Bonchev–Trinajstić information content (AvgIpc) is 2.69. The first-order chi connectivity index (χ1) is 8.97. The second-order valence-corrected chi connectivity index (χ2v) is 7.12. The van der Waals surface area contributed by atoms with Gasteiger partial charge in [-0.1, -0.05) is 6.42 Å². The molecule has 1 aliphatic carbocycles. The Morgan fingerprint density at radius 3 is 2.79 bits per heavy atom. The van der Waals surface area contributed by atoms with E-state index in [-0.39, 0.29) is 5.92 Å². The molecule has 1 aliphatic rings. The predicted molar refractivity (Wildman–Crippen MR) is 78.7 cm³/mol. The van der Waals surface area contributed by atoms with Crippen molar-refractivity contribution in [3.63, 3.8) is 0 Å². The van der Waals surface area contributed by atoms with Crippen LogP contribution < -0.4 is 5.32 Å². The van der Waals surface area contributed by atoms with Gasteiger partial charge in [0.05, 0.1) is 5.92 Å². The molecule has 0 aliphatic heterocycles. The van der Waals surface area contributed by atoms with Crippen LogP contribution >= 0.6 is 11.3 Å². The van der Waals surface area contributed by atoms with Gasteiger partial charge in [0.1, 0.15) is 0 Å².